The van der Waals surface area contributed by atoms with Crippen molar-refractivity contribution in [3.63, 3.8) is 0 Å². The zero-order valence-corrected chi connectivity index (χ0v) is 12.6. The number of pyridine rings is 1. The van der Waals surface area contributed by atoms with Gasteiger partial charge in [0.25, 0.3) is 0 Å². The lowest BCUT2D eigenvalue weighted by atomic mass is 10.2. The molecule has 2 aromatic rings. The molecule has 0 spiro atoms. The van der Waals surface area contributed by atoms with Crippen LogP contribution in [-0.4, -0.2) is 18.1 Å². The second-order valence-corrected chi connectivity index (χ2v) is 4.65. The molecule has 2 N–H and O–H groups in total. The van der Waals surface area contributed by atoms with E-state index in [0.29, 0.717) is 17.6 Å². The van der Waals surface area contributed by atoms with E-state index in [9.17, 15) is 0 Å². The maximum absolute atomic E-state index is 5.78. The zero-order valence-electron chi connectivity index (χ0n) is 11.1. The number of benzene rings is 1. The number of ether oxygens (including phenoxy) is 1. The molecular weight excluding hydrogens is 295 g/mol. The predicted octanol–water partition coefficient (Wildman–Crippen LogP) is -0.728. The van der Waals surface area contributed by atoms with Gasteiger partial charge in [-0.25, -0.2) is 4.98 Å². The summed E-state index contributed by atoms with van der Waals surface area (Å²) in [5.41, 5.74) is 1.35. The Morgan fingerprint density at radius 3 is 2.60 bits per heavy atom. The first-order valence-corrected chi connectivity index (χ1v) is 6.83. The highest BCUT2D eigenvalue weighted by atomic mass is 35.5. The Bertz CT molecular complexity index is 494. The van der Waals surface area contributed by atoms with E-state index in [-0.39, 0.29) is 12.4 Å². The van der Waals surface area contributed by atoms with Gasteiger partial charge in [-0.3, -0.25) is 0 Å². The van der Waals surface area contributed by atoms with Crippen molar-refractivity contribution in [2.24, 2.45) is 0 Å². The molecule has 108 valence electrons. The van der Waals surface area contributed by atoms with Gasteiger partial charge in [-0.05, 0) is 6.07 Å². The average Bonchev–Trinajstić information content (AvgIpc) is 2.44. The third kappa shape index (κ3) is 6.24. The monoisotopic (exact) mass is 312 g/mol. The minimum atomic E-state index is 0. The number of rotatable bonds is 7. The average molecular weight is 313 g/mol. The highest BCUT2D eigenvalue weighted by molar-refractivity contribution is 6.29. The lowest BCUT2D eigenvalue weighted by Gasteiger charge is -2.05. The Morgan fingerprint density at radius 2 is 1.85 bits per heavy atom. The van der Waals surface area contributed by atoms with Crippen molar-refractivity contribution in [3.05, 3.63) is 59.2 Å². The minimum Gasteiger partial charge on any atom is -1.00 e. The fraction of sp³-hybridized carbons (Fsp3) is 0.267. The topological polar surface area (TPSA) is 38.7 Å². The van der Waals surface area contributed by atoms with Gasteiger partial charge in [0.1, 0.15) is 11.7 Å². The molecule has 1 aromatic heterocycles. The summed E-state index contributed by atoms with van der Waals surface area (Å²) in [7, 11) is 0. The molecule has 0 aliphatic carbocycles. The lowest BCUT2D eigenvalue weighted by Crippen LogP contribution is -3.00. The van der Waals surface area contributed by atoms with E-state index in [1.54, 1.807) is 6.07 Å². The van der Waals surface area contributed by atoms with Crippen LogP contribution in [0.3, 0.4) is 0 Å². The Hall–Kier alpha value is -1.29. The standard InChI is InChI=1S/C15H17ClN2O.ClH/c16-14-8-4-9-15(18-14)19-11-5-10-17-12-13-6-2-1-3-7-13;/h1-4,6-9,17H,5,10-12H2;1H. The van der Waals surface area contributed by atoms with Crippen LogP contribution in [0.2, 0.25) is 5.15 Å². The minimum absolute atomic E-state index is 0. The summed E-state index contributed by atoms with van der Waals surface area (Å²) in [6.07, 6.45) is 0.987. The van der Waals surface area contributed by atoms with Gasteiger partial charge < -0.3 is 22.5 Å². The first-order chi connectivity index (χ1) is 9.34. The van der Waals surface area contributed by atoms with Crippen molar-refractivity contribution in [1.29, 1.82) is 0 Å². The summed E-state index contributed by atoms with van der Waals surface area (Å²) in [4.78, 5) is 4.07. The van der Waals surface area contributed by atoms with Gasteiger partial charge in [0.15, 0.2) is 0 Å². The van der Waals surface area contributed by atoms with Gasteiger partial charge in [0.05, 0.1) is 13.2 Å². The summed E-state index contributed by atoms with van der Waals surface area (Å²) in [5, 5.41) is 2.75. The van der Waals surface area contributed by atoms with Crippen LogP contribution in [0.1, 0.15) is 12.0 Å². The van der Waals surface area contributed by atoms with E-state index < -0.39 is 0 Å². The van der Waals surface area contributed by atoms with Crippen molar-refractivity contribution in [2.45, 2.75) is 13.0 Å². The van der Waals surface area contributed by atoms with Gasteiger partial charge in [0, 0.05) is 18.1 Å². The summed E-state index contributed by atoms with van der Waals surface area (Å²) < 4.78 is 5.52. The molecule has 5 heteroatoms. The van der Waals surface area contributed by atoms with Gasteiger partial charge in [-0.1, -0.05) is 48.0 Å². The second-order valence-electron chi connectivity index (χ2n) is 4.27. The number of nitrogens with zero attached hydrogens (tertiary/aromatic N) is 1. The fourth-order valence-electron chi connectivity index (χ4n) is 1.76. The number of aromatic nitrogens is 1. The number of hydrogen-bond acceptors (Lipinski definition) is 2. The van der Waals surface area contributed by atoms with Crippen LogP contribution in [0, 0.1) is 0 Å². The molecule has 3 nitrogen and oxygen atoms in total. The molecule has 0 aliphatic heterocycles. The van der Waals surface area contributed by atoms with E-state index >= 15 is 0 Å². The molecule has 0 amide bonds. The molecule has 0 atom stereocenters. The first-order valence-electron chi connectivity index (χ1n) is 6.45. The quantitative estimate of drug-likeness (QED) is 0.541. The van der Waals surface area contributed by atoms with Crippen molar-refractivity contribution in [3.8, 4) is 5.88 Å². The van der Waals surface area contributed by atoms with Crippen LogP contribution in [0.15, 0.2) is 48.5 Å². The van der Waals surface area contributed by atoms with Gasteiger partial charge in [-0.2, -0.15) is 0 Å². The number of halogens is 2. The van der Waals surface area contributed by atoms with Crippen LogP contribution in [-0.2, 0) is 6.54 Å². The largest absolute Gasteiger partial charge is 1.00 e. The van der Waals surface area contributed by atoms with E-state index in [2.05, 4.69) is 34.6 Å². The molecule has 0 aliphatic rings. The third-order valence-corrected chi connectivity index (χ3v) is 2.93. The highest BCUT2D eigenvalue weighted by Gasteiger charge is 1.98. The van der Waals surface area contributed by atoms with Crippen LogP contribution in [0.4, 0.5) is 0 Å². The van der Waals surface area contributed by atoms with E-state index in [0.717, 1.165) is 19.5 Å². The first kappa shape index (κ1) is 16.8. The van der Waals surface area contributed by atoms with Gasteiger partial charge in [-0.15, -0.1) is 0 Å². The number of hydrogen-bond donors (Lipinski definition) is 1. The zero-order chi connectivity index (χ0) is 13.3. The van der Waals surface area contributed by atoms with Crippen LogP contribution in [0.25, 0.3) is 0 Å². The summed E-state index contributed by atoms with van der Waals surface area (Å²) >= 11 is 5.78. The Labute approximate surface area is 130 Å². The molecule has 0 radical (unpaired) electrons. The van der Waals surface area contributed by atoms with E-state index in [4.69, 9.17) is 16.3 Å². The van der Waals surface area contributed by atoms with Crippen molar-refractivity contribution in [2.75, 3.05) is 13.2 Å². The molecule has 0 bridgehead atoms. The summed E-state index contributed by atoms with van der Waals surface area (Å²) in [6.45, 7) is 2.71. The van der Waals surface area contributed by atoms with Crippen molar-refractivity contribution < 1.29 is 22.5 Å². The van der Waals surface area contributed by atoms with E-state index in [1.165, 1.54) is 5.56 Å². The second kappa shape index (κ2) is 9.59. The van der Waals surface area contributed by atoms with Gasteiger partial charge >= 0.3 is 0 Å². The molecule has 20 heavy (non-hydrogen) atoms. The molecule has 0 unspecified atom stereocenters. The highest BCUT2D eigenvalue weighted by Crippen LogP contribution is 2.11. The van der Waals surface area contributed by atoms with Gasteiger partial charge in [0.2, 0.25) is 5.88 Å². The predicted molar refractivity (Wildman–Crippen MR) is 76.3 cm³/mol. The molecule has 0 saturated heterocycles. The van der Waals surface area contributed by atoms with Crippen LogP contribution in [0.5, 0.6) is 5.88 Å². The SMILES string of the molecule is Clc1cccc(OCCC[NH2+]Cc2ccccc2)n1.[Cl-]. The molecule has 1 heterocycles. The summed E-state index contributed by atoms with van der Waals surface area (Å²) in [5.74, 6) is 0.593. The lowest BCUT2D eigenvalue weighted by molar-refractivity contribution is -0.671. The smallest absolute Gasteiger partial charge is 0.214 e. The maximum Gasteiger partial charge on any atom is 0.214 e. The molecule has 2 rings (SSSR count). The molecular formula is C15H18Cl2N2O. The maximum atomic E-state index is 5.78. The van der Waals surface area contributed by atoms with Crippen molar-refractivity contribution >= 4 is 11.6 Å². The molecule has 1 aromatic carbocycles. The number of nitrogens with two attached hydrogens (primary N) is 1. The summed E-state index contributed by atoms with van der Waals surface area (Å²) in [6, 6.07) is 15.9. The fourth-order valence-corrected chi connectivity index (χ4v) is 1.91. The normalized spacial score (nSPS) is 9.85. The Morgan fingerprint density at radius 1 is 1.05 bits per heavy atom. The van der Waals surface area contributed by atoms with Crippen molar-refractivity contribution in [1.82, 2.24) is 4.98 Å². The Kier molecular flexibility index (Phi) is 8.04. The molecule has 0 saturated carbocycles. The molecule has 0 fully saturated rings. The van der Waals surface area contributed by atoms with Crippen LogP contribution < -0.4 is 22.5 Å². The van der Waals surface area contributed by atoms with Crippen LogP contribution >= 0.6 is 11.6 Å². The third-order valence-electron chi connectivity index (χ3n) is 2.71. The van der Waals surface area contributed by atoms with E-state index in [1.807, 2.05) is 18.2 Å². The number of quaternary nitrogens is 1. The Balaban J connectivity index is 0.00000200.